The van der Waals surface area contributed by atoms with E-state index in [-0.39, 0.29) is 0 Å². The fraction of sp³-hybridized carbons (Fsp3) is 1.00. The Morgan fingerprint density at radius 3 is 1.89 bits per heavy atom. The van der Waals surface area contributed by atoms with Gasteiger partial charge in [0.05, 0.1) is 0 Å². The summed E-state index contributed by atoms with van der Waals surface area (Å²) in [6.07, 6.45) is 13.9. The Kier molecular flexibility index (Phi) is 14.3. The number of nitrogens with zero attached hydrogens (tertiary/aromatic N) is 1. The van der Waals surface area contributed by atoms with E-state index in [9.17, 15) is 0 Å². The number of unbranched alkanes of at least 4 members (excludes halogenated alkanes) is 7. The molecule has 0 radical (unpaired) electrons. The highest BCUT2D eigenvalue weighted by Crippen LogP contribution is 2.11. The van der Waals surface area contributed by atoms with Crippen molar-refractivity contribution in [3.05, 3.63) is 0 Å². The molecular formula is C17H38N2. The molecule has 19 heavy (non-hydrogen) atoms. The highest BCUT2D eigenvalue weighted by atomic mass is 15.1. The predicted molar refractivity (Wildman–Crippen MR) is 87.9 cm³/mol. The van der Waals surface area contributed by atoms with E-state index < -0.39 is 0 Å². The van der Waals surface area contributed by atoms with E-state index in [2.05, 4.69) is 38.2 Å². The van der Waals surface area contributed by atoms with E-state index in [0.717, 1.165) is 6.54 Å². The van der Waals surface area contributed by atoms with Gasteiger partial charge in [0.25, 0.3) is 0 Å². The van der Waals surface area contributed by atoms with Crippen LogP contribution in [-0.2, 0) is 0 Å². The summed E-state index contributed by atoms with van der Waals surface area (Å²) in [5.74, 6) is 0. The molecule has 0 aliphatic carbocycles. The van der Waals surface area contributed by atoms with E-state index >= 15 is 0 Å². The number of rotatable bonds is 14. The Bertz CT molecular complexity index is 169. The van der Waals surface area contributed by atoms with Crippen molar-refractivity contribution in [3.63, 3.8) is 0 Å². The fourth-order valence-electron chi connectivity index (χ4n) is 2.57. The van der Waals surface area contributed by atoms with Gasteiger partial charge in [-0.05, 0) is 33.5 Å². The zero-order valence-corrected chi connectivity index (χ0v) is 14.0. The maximum atomic E-state index is 3.68. The molecule has 0 saturated carbocycles. The molecule has 0 rings (SSSR count). The van der Waals surface area contributed by atoms with Gasteiger partial charge in [0.15, 0.2) is 0 Å². The normalized spacial score (nSPS) is 13.1. The first-order valence-corrected chi connectivity index (χ1v) is 8.58. The minimum Gasteiger partial charge on any atom is -0.313 e. The summed E-state index contributed by atoms with van der Waals surface area (Å²) in [5.41, 5.74) is 0. The third-order valence-corrected chi connectivity index (χ3v) is 3.67. The predicted octanol–water partition coefficient (Wildman–Crippen LogP) is 4.45. The third-order valence-electron chi connectivity index (χ3n) is 3.67. The fourth-order valence-corrected chi connectivity index (χ4v) is 2.57. The first kappa shape index (κ1) is 18.9. The Morgan fingerprint density at radius 1 is 0.789 bits per heavy atom. The highest BCUT2D eigenvalue weighted by molar-refractivity contribution is 4.69. The molecule has 0 amide bonds. The lowest BCUT2D eigenvalue weighted by Gasteiger charge is -2.22. The van der Waals surface area contributed by atoms with Crippen LogP contribution in [0, 0.1) is 0 Å². The molecule has 0 aliphatic rings. The minimum absolute atomic E-state index is 0.690. The van der Waals surface area contributed by atoms with Crippen LogP contribution >= 0.6 is 0 Å². The average molecular weight is 271 g/mol. The summed E-state index contributed by atoms with van der Waals surface area (Å²) in [7, 11) is 4.35. The number of likely N-dealkylation sites (N-methyl/N-ethyl adjacent to an activating group) is 1. The quantitative estimate of drug-likeness (QED) is 0.469. The van der Waals surface area contributed by atoms with Crippen molar-refractivity contribution in [1.29, 1.82) is 0 Å². The lowest BCUT2D eigenvalue weighted by atomic mass is 10.0. The third kappa shape index (κ3) is 14.1. The molecule has 0 heterocycles. The van der Waals surface area contributed by atoms with Gasteiger partial charge in [0, 0.05) is 12.6 Å². The van der Waals surface area contributed by atoms with Gasteiger partial charge in [-0.15, -0.1) is 0 Å². The molecule has 0 spiro atoms. The smallest absolute Gasteiger partial charge is 0.0194 e. The molecule has 0 aromatic heterocycles. The van der Waals surface area contributed by atoms with Gasteiger partial charge < -0.3 is 10.2 Å². The van der Waals surface area contributed by atoms with Crippen LogP contribution in [0.3, 0.4) is 0 Å². The molecular weight excluding hydrogens is 232 g/mol. The zero-order chi connectivity index (χ0) is 14.3. The van der Waals surface area contributed by atoms with E-state index in [1.165, 1.54) is 70.8 Å². The Labute approximate surface area is 122 Å². The molecule has 0 aromatic carbocycles. The monoisotopic (exact) mass is 270 g/mol. The molecule has 2 heteroatoms. The first-order valence-electron chi connectivity index (χ1n) is 8.58. The van der Waals surface area contributed by atoms with Crippen molar-refractivity contribution in [2.24, 2.45) is 0 Å². The topological polar surface area (TPSA) is 15.3 Å². The van der Waals surface area contributed by atoms with Gasteiger partial charge in [-0.25, -0.2) is 0 Å². The van der Waals surface area contributed by atoms with Crippen LogP contribution in [0.2, 0.25) is 0 Å². The number of hydrogen-bond donors (Lipinski definition) is 1. The van der Waals surface area contributed by atoms with Crippen molar-refractivity contribution in [2.75, 3.05) is 27.2 Å². The van der Waals surface area contributed by atoms with Crippen LogP contribution in [0.25, 0.3) is 0 Å². The maximum Gasteiger partial charge on any atom is 0.0194 e. The zero-order valence-electron chi connectivity index (χ0n) is 14.0. The van der Waals surface area contributed by atoms with Gasteiger partial charge in [-0.1, -0.05) is 65.2 Å². The van der Waals surface area contributed by atoms with Crippen LogP contribution in [-0.4, -0.2) is 38.1 Å². The Hall–Kier alpha value is -0.0800. The molecule has 0 saturated heterocycles. The summed E-state index contributed by atoms with van der Waals surface area (Å²) in [6, 6.07) is 0.690. The number of hydrogen-bond acceptors (Lipinski definition) is 2. The minimum atomic E-state index is 0.690. The van der Waals surface area contributed by atoms with Crippen LogP contribution in [0.4, 0.5) is 0 Å². The second kappa shape index (κ2) is 14.3. The van der Waals surface area contributed by atoms with Gasteiger partial charge in [0.1, 0.15) is 0 Å². The summed E-state index contributed by atoms with van der Waals surface area (Å²) >= 11 is 0. The average Bonchev–Trinajstić information content (AvgIpc) is 2.38. The summed E-state index contributed by atoms with van der Waals surface area (Å²) in [5, 5.41) is 3.68. The van der Waals surface area contributed by atoms with E-state index in [1.54, 1.807) is 0 Å². The molecule has 0 fully saturated rings. The van der Waals surface area contributed by atoms with Gasteiger partial charge in [0.2, 0.25) is 0 Å². The van der Waals surface area contributed by atoms with E-state index in [4.69, 9.17) is 0 Å². The molecule has 116 valence electrons. The molecule has 2 nitrogen and oxygen atoms in total. The Morgan fingerprint density at radius 2 is 1.37 bits per heavy atom. The molecule has 1 N–H and O–H groups in total. The van der Waals surface area contributed by atoms with Crippen LogP contribution in [0.1, 0.15) is 78.1 Å². The standard InChI is InChI=1S/C17H38N2/c1-5-7-8-9-10-11-12-13-14-17(16-19(3)4)18-15-6-2/h17-18H,5-16H2,1-4H3. The van der Waals surface area contributed by atoms with Crippen LogP contribution in [0.15, 0.2) is 0 Å². The van der Waals surface area contributed by atoms with Crippen LogP contribution < -0.4 is 5.32 Å². The molecule has 1 atom stereocenters. The van der Waals surface area contributed by atoms with Crippen molar-refractivity contribution in [2.45, 2.75) is 84.1 Å². The maximum absolute atomic E-state index is 3.68. The lowest BCUT2D eigenvalue weighted by molar-refractivity contribution is 0.320. The van der Waals surface area contributed by atoms with E-state index in [0.29, 0.717) is 6.04 Å². The highest BCUT2D eigenvalue weighted by Gasteiger charge is 2.08. The van der Waals surface area contributed by atoms with Crippen molar-refractivity contribution in [1.82, 2.24) is 10.2 Å². The SMILES string of the molecule is CCCCCCCCCCC(CN(C)C)NCCC. The number of nitrogens with one attached hydrogen (secondary N) is 1. The van der Waals surface area contributed by atoms with Crippen LogP contribution in [0.5, 0.6) is 0 Å². The van der Waals surface area contributed by atoms with Crippen molar-refractivity contribution in [3.8, 4) is 0 Å². The summed E-state index contributed by atoms with van der Waals surface area (Å²) in [4.78, 5) is 2.30. The van der Waals surface area contributed by atoms with E-state index in [1.807, 2.05) is 0 Å². The second-order valence-electron chi connectivity index (χ2n) is 6.18. The largest absolute Gasteiger partial charge is 0.313 e. The summed E-state index contributed by atoms with van der Waals surface area (Å²) in [6.45, 7) is 6.87. The van der Waals surface area contributed by atoms with Gasteiger partial charge >= 0.3 is 0 Å². The van der Waals surface area contributed by atoms with Crippen molar-refractivity contribution < 1.29 is 0 Å². The van der Waals surface area contributed by atoms with Gasteiger partial charge in [-0.2, -0.15) is 0 Å². The summed E-state index contributed by atoms with van der Waals surface area (Å²) < 4.78 is 0. The molecule has 0 bridgehead atoms. The molecule has 1 unspecified atom stereocenters. The first-order chi connectivity index (χ1) is 9.20. The van der Waals surface area contributed by atoms with Crippen molar-refractivity contribution >= 4 is 0 Å². The molecule has 0 aliphatic heterocycles. The Balaban J connectivity index is 3.46. The lowest BCUT2D eigenvalue weighted by Crippen LogP contribution is -2.38. The molecule has 0 aromatic rings. The second-order valence-corrected chi connectivity index (χ2v) is 6.18. The van der Waals surface area contributed by atoms with Gasteiger partial charge in [-0.3, -0.25) is 0 Å².